The maximum Gasteiger partial charge on any atom is 0.337 e. The van der Waals surface area contributed by atoms with Gasteiger partial charge in [-0.25, -0.2) is 9.59 Å². The zero-order valence-electron chi connectivity index (χ0n) is 11.7. The van der Waals surface area contributed by atoms with Gasteiger partial charge < -0.3 is 15.7 Å². The van der Waals surface area contributed by atoms with Crippen LogP contribution >= 0.6 is 22.6 Å². The molecule has 0 aromatic heterocycles. The fraction of sp³-hybridized carbons (Fsp3) is 0.467. The SMILES string of the molecule is O=C(Nc1ccc(I)cc1C(=O)O)NC1CCCCCC1. The number of carbonyl (C=O) groups excluding carboxylic acids is 1. The maximum absolute atomic E-state index is 12.0. The topological polar surface area (TPSA) is 78.4 Å². The van der Waals surface area contributed by atoms with Crippen LogP contribution < -0.4 is 10.6 Å². The fourth-order valence-electron chi connectivity index (χ4n) is 2.57. The first-order chi connectivity index (χ1) is 10.1. The van der Waals surface area contributed by atoms with Crippen molar-refractivity contribution < 1.29 is 14.7 Å². The summed E-state index contributed by atoms with van der Waals surface area (Å²) in [5.74, 6) is -1.04. The van der Waals surface area contributed by atoms with E-state index in [0.29, 0.717) is 5.69 Å². The summed E-state index contributed by atoms with van der Waals surface area (Å²) in [7, 11) is 0. The molecule has 1 aliphatic carbocycles. The molecule has 1 aromatic rings. The van der Waals surface area contributed by atoms with Crippen molar-refractivity contribution in [2.24, 2.45) is 0 Å². The van der Waals surface area contributed by atoms with E-state index < -0.39 is 5.97 Å². The van der Waals surface area contributed by atoms with E-state index in [2.05, 4.69) is 10.6 Å². The van der Waals surface area contributed by atoms with Gasteiger partial charge in [0.1, 0.15) is 0 Å². The Kier molecular flexibility index (Phi) is 5.84. The van der Waals surface area contributed by atoms with Gasteiger partial charge in [-0.05, 0) is 53.6 Å². The summed E-state index contributed by atoms with van der Waals surface area (Å²) in [5, 5.41) is 14.8. The summed E-state index contributed by atoms with van der Waals surface area (Å²) in [5.41, 5.74) is 0.437. The number of carboxylic acids is 1. The molecule has 0 saturated heterocycles. The van der Waals surface area contributed by atoms with Crippen molar-refractivity contribution in [3.63, 3.8) is 0 Å². The summed E-state index contributed by atoms with van der Waals surface area (Å²) >= 11 is 2.05. The third kappa shape index (κ3) is 4.87. The second kappa shape index (κ2) is 7.63. The monoisotopic (exact) mass is 402 g/mol. The Labute approximate surface area is 137 Å². The average Bonchev–Trinajstić information content (AvgIpc) is 2.69. The quantitative estimate of drug-likeness (QED) is 0.531. The zero-order valence-corrected chi connectivity index (χ0v) is 13.9. The Morgan fingerprint density at radius 3 is 2.43 bits per heavy atom. The predicted octanol–water partition coefficient (Wildman–Crippen LogP) is 3.83. The number of carbonyl (C=O) groups is 2. The smallest absolute Gasteiger partial charge is 0.337 e. The molecule has 0 atom stereocenters. The molecule has 114 valence electrons. The molecule has 0 unspecified atom stereocenters. The van der Waals surface area contributed by atoms with Crippen molar-refractivity contribution in [3.8, 4) is 0 Å². The molecule has 0 bridgehead atoms. The van der Waals surface area contributed by atoms with E-state index in [1.54, 1.807) is 18.2 Å². The van der Waals surface area contributed by atoms with Gasteiger partial charge in [-0.1, -0.05) is 25.7 Å². The predicted molar refractivity (Wildman–Crippen MR) is 89.8 cm³/mol. The highest BCUT2D eigenvalue weighted by Gasteiger charge is 2.17. The van der Waals surface area contributed by atoms with Crippen LogP contribution in [-0.2, 0) is 0 Å². The maximum atomic E-state index is 12.0. The minimum Gasteiger partial charge on any atom is -0.478 e. The summed E-state index contributed by atoms with van der Waals surface area (Å²) in [4.78, 5) is 23.3. The van der Waals surface area contributed by atoms with Crippen molar-refractivity contribution in [2.75, 3.05) is 5.32 Å². The first-order valence-corrected chi connectivity index (χ1v) is 8.24. The summed E-state index contributed by atoms with van der Waals surface area (Å²) in [6.07, 6.45) is 6.70. The van der Waals surface area contributed by atoms with E-state index in [1.165, 1.54) is 12.8 Å². The van der Waals surface area contributed by atoms with Gasteiger partial charge >= 0.3 is 12.0 Å². The zero-order chi connectivity index (χ0) is 15.2. The van der Waals surface area contributed by atoms with Crippen LogP contribution in [0.3, 0.4) is 0 Å². The Bertz CT molecular complexity index is 526. The van der Waals surface area contributed by atoms with Crippen LogP contribution in [0.5, 0.6) is 0 Å². The van der Waals surface area contributed by atoms with Crippen molar-refractivity contribution in [2.45, 2.75) is 44.6 Å². The average molecular weight is 402 g/mol. The van der Waals surface area contributed by atoms with Crippen LogP contribution in [0.25, 0.3) is 0 Å². The number of carboxylic acid groups (broad SMARTS) is 1. The highest BCUT2D eigenvalue weighted by Crippen LogP contribution is 2.20. The van der Waals surface area contributed by atoms with Gasteiger partial charge in [0.15, 0.2) is 0 Å². The number of aromatic carboxylic acids is 1. The van der Waals surface area contributed by atoms with E-state index in [1.807, 2.05) is 22.6 Å². The van der Waals surface area contributed by atoms with Gasteiger partial charge in [-0.2, -0.15) is 0 Å². The molecule has 0 aliphatic heterocycles. The van der Waals surface area contributed by atoms with E-state index in [9.17, 15) is 14.7 Å². The summed E-state index contributed by atoms with van der Waals surface area (Å²) < 4.78 is 0.819. The minimum absolute atomic E-state index is 0.109. The minimum atomic E-state index is -1.04. The van der Waals surface area contributed by atoms with Gasteiger partial charge in [0.2, 0.25) is 0 Å². The molecule has 0 radical (unpaired) electrons. The summed E-state index contributed by atoms with van der Waals surface area (Å²) in [6, 6.07) is 4.80. The first kappa shape index (κ1) is 16.1. The molecule has 1 aliphatic rings. The molecule has 2 rings (SSSR count). The van der Waals surface area contributed by atoms with Crippen molar-refractivity contribution in [1.29, 1.82) is 0 Å². The molecule has 1 fully saturated rings. The van der Waals surface area contributed by atoms with Crippen LogP contribution in [-0.4, -0.2) is 23.1 Å². The lowest BCUT2D eigenvalue weighted by Gasteiger charge is -2.17. The molecule has 3 N–H and O–H groups in total. The van der Waals surface area contributed by atoms with Crippen molar-refractivity contribution in [3.05, 3.63) is 27.3 Å². The highest BCUT2D eigenvalue weighted by atomic mass is 127. The third-order valence-corrected chi connectivity index (χ3v) is 4.32. The molecule has 21 heavy (non-hydrogen) atoms. The molecule has 6 heteroatoms. The van der Waals surface area contributed by atoms with Crippen molar-refractivity contribution >= 4 is 40.3 Å². The van der Waals surface area contributed by atoms with Gasteiger partial charge in [0.05, 0.1) is 11.3 Å². The van der Waals surface area contributed by atoms with Crippen LogP contribution in [0.4, 0.5) is 10.5 Å². The lowest BCUT2D eigenvalue weighted by Crippen LogP contribution is -2.37. The number of benzene rings is 1. The fourth-order valence-corrected chi connectivity index (χ4v) is 3.06. The largest absolute Gasteiger partial charge is 0.478 e. The summed E-state index contributed by atoms with van der Waals surface area (Å²) in [6.45, 7) is 0. The molecule has 2 amide bonds. The van der Waals surface area contributed by atoms with Crippen LogP contribution in [0.1, 0.15) is 48.9 Å². The second-order valence-electron chi connectivity index (χ2n) is 5.28. The molecular weight excluding hydrogens is 383 g/mol. The van der Waals surface area contributed by atoms with Crippen LogP contribution in [0.15, 0.2) is 18.2 Å². The van der Waals surface area contributed by atoms with E-state index in [4.69, 9.17) is 0 Å². The van der Waals surface area contributed by atoms with E-state index in [-0.39, 0.29) is 17.6 Å². The van der Waals surface area contributed by atoms with Gasteiger partial charge in [0, 0.05) is 9.61 Å². The second-order valence-corrected chi connectivity index (χ2v) is 6.53. The highest BCUT2D eigenvalue weighted by molar-refractivity contribution is 14.1. The van der Waals surface area contributed by atoms with E-state index >= 15 is 0 Å². The lowest BCUT2D eigenvalue weighted by molar-refractivity contribution is 0.0698. The first-order valence-electron chi connectivity index (χ1n) is 7.16. The van der Waals surface area contributed by atoms with Gasteiger partial charge in [-0.3, -0.25) is 0 Å². The Morgan fingerprint density at radius 2 is 1.81 bits per heavy atom. The molecule has 0 spiro atoms. The molecule has 5 nitrogen and oxygen atoms in total. The number of halogens is 1. The number of hydrogen-bond acceptors (Lipinski definition) is 2. The number of rotatable bonds is 3. The molecule has 1 aromatic carbocycles. The van der Waals surface area contributed by atoms with Gasteiger partial charge in [0.25, 0.3) is 0 Å². The standard InChI is InChI=1S/C15H19IN2O3/c16-10-7-8-13(12(9-10)14(19)20)18-15(21)17-11-5-3-1-2-4-6-11/h7-9,11H,1-6H2,(H,19,20)(H2,17,18,21). The Morgan fingerprint density at radius 1 is 1.14 bits per heavy atom. The van der Waals surface area contributed by atoms with Gasteiger partial charge in [-0.15, -0.1) is 0 Å². The molecular formula is C15H19IN2O3. The number of hydrogen-bond donors (Lipinski definition) is 3. The number of anilines is 1. The number of nitrogens with one attached hydrogen (secondary N) is 2. The Balaban J connectivity index is 2.00. The van der Waals surface area contributed by atoms with Crippen LogP contribution in [0.2, 0.25) is 0 Å². The lowest BCUT2D eigenvalue weighted by atomic mass is 10.1. The number of amides is 2. The molecule has 0 heterocycles. The van der Waals surface area contributed by atoms with Crippen LogP contribution in [0, 0.1) is 3.57 Å². The number of urea groups is 1. The third-order valence-electron chi connectivity index (χ3n) is 3.65. The molecule has 1 saturated carbocycles. The van der Waals surface area contributed by atoms with Crippen molar-refractivity contribution in [1.82, 2.24) is 5.32 Å². The van der Waals surface area contributed by atoms with E-state index in [0.717, 1.165) is 29.3 Å². The Hall–Kier alpha value is -1.31. The normalized spacial score (nSPS) is 16.0.